The van der Waals surface area contributed by atoms with Crippen LogP contribution in [0.15, 0.2) is 84.9 Å². The van der Waals surface area contributed by atoms with Gasteiger partial charge in [-0.3, -0.25) is 4.90 Å². The van der Waals surface area contributed by atoms with Gasteiger partial charge in [0.25, 0.3) is 0 Å². The Morgan fingerprint density at radius 2 is 1.65 bits per heavy atom. The fourth-order valence-electron chi connectivity index (χ4n) is 4.34. The number of para-hydroxylation sites is 1. The molecule has 4 heteroatoms. The standard InChI is InChI=1S/C27H31NO3/c1-2-30-25-16-10-9-13-23(25)19-27(29,24-14-7-4-8-15-24)26-21-28(17-18-31-26)20-22-11-5-3-6-12-22/h3-16,26,29H,2,17-21H2,1H3/t26?,27-/m1/s1. The van der Waals surface area contributed by atoms with Crippen molar-refractivity contribution in [3.63, 3.8) is 0 Å². The Balaban J connectivity index is 1.62. The predicted molar refractivity (Wildman–Crippen MR) is 123 cm³/mol. The average molecular weight is 418 g/mol. The predicted octanol–water partition coefficient (Wildman–Crippen LogP) is 4.42. The maximum Gasteiger partial charge on any atom is 0.122 e. The van der Waals surface area contributed by atoms with Gasteiger partial charge in [-0.2, -0.15) is 0 Å². The Labute approximate surface area is 185 Å². The van der Waals surface area contributed by atoms with Gasteiger partial charge >= 0.3 is 0 Å². The molecule has 3 aromatic rings. The Morgan fingerprint density at radius 3 is 2.39 bits per heavy atom. The van der Waals surface area contributed by atoms with Crippen molar-refractivity contribution >= 4 is 0 Å². The van der Waals surface area contributed by atoms with Gasteiger partial charge < -0.3 is 14.6 Å². The van der Waals surface area contributed by atoms with Gasteiger partial charge in [-0.15, -0.1) is 0 Å². The molecule has 1 heterocycles. The number of hydrogen-bond acceptors (Lipinski definition) is 4. The van der Waals surface area contributed by atoms with E-state index in [1.807, 2.05) is 67.6 Å². The molecule has 0 radical (unpaired) electrons. The van der Waals surface area contributed by atoms with Crippen molar-refractivity contribution in [1.29, 1.82) is 0 Å². The van der Waals surface area contributed by atoms with Crippen molar-refractivity contribution in [2.24, 2.45) is 0 Å². The molecule has 1 fully saturated rings. The molecule has 1 saturated heterocycles. The molecule has 0 spiro atoms. The van der Waals surface area contributed by atoms with Crippen molar-refractivity contribution in [2.75, 3.05) is 26.3 Å². The van der Waals surface area contributed by atoms with Gasteiger partial charge in [0, 0.05) is 26.1 Å². The fourth-order valence-corrected chi connectivity index (χ4v) is 4.34. The van der Waals surface area contributed by atoms with Crippen molar-refractivity contribution < 1.29 is 14.6 Å². The van der Waals surface area contributed by atoms with E-state index >= 15 is 0 Å². The zero-order valence-electron chi connectivity index (χ0n) is 18.1. The van der Waals surface area contributed by atoms with E-state index in [1.54, 1.807) is 0 Å². The van der Waals surface area contributed by atoms with Crippen molar-refractivity contribution in [3.8, 4) is 5.75 Å². The molecule has 1 aliphatic heterocycles. The molecule has 4 nitrogen and oxygen atoms in total. The molecule has 0 aromatic heterocycles. The lowest BCUT2D eigenvalue weighted by Gasteiger charge is -2.42. The third-order valence-corrected chi connectivity index (χ3v) is 5.94. The van der Waals surface area contributed by atoms with Gasteiger partial charge in [-0.05, 0) is 29.7 Å². The molecule has 0 aliphatic carbocycles. The Morgan fingerprint density at radius 1 is 0.968 bits per heavy atom. The van der Waals surface area contributed by atoms with Gasteiger partial charge in [-0.1, -0.05) is 78.9 Å². The Bertz CT molecular complexity index is 947. The van der Waals surface area contributed by atoms with E-state index in [9.17, 15) is 5.11 Å². The molecule has 162 valence electrons. The highest BCUT2D eigenvalue weighted by molar-refractivity contribution is 5.37. The van der Waals surface area contributed by atoms with Crippen LogP contribution in [-0.2, 0) is 23.3 Å². The van der Waals surface area contributed by atoms with Crippen molar-refractivity contribution in [3.05, 3.63) is 102 Å². The molecule has 1 unspecified atom stereocenters. The van der Waals surface area contributed by atoms with Crippen LogP contribution in [0.25, 0.3) is 0 Å². The topological polar surface area (TPSA) is 41.9 Å². The number of ether oxygens (including phenoxy) is 2. The highest BCUT2D eigenvalue weighted by atomic mass is 16.5. The maximum atomic E-state index is 12.1. The molecular formula is C27H31NO3. The van der Waals surface area contributed by atoms with Crippen LogP contribution < -0.4 is 4.74 Å². The number of rotatable bonds is 8. The summed E-state index contributed by atoms with van der Waals surface area (Å²) in [6.45, 7) is 5.53. The second-order valence-electron chi connectivity index (χ2n) is 8.09. The smallest absolute Gasteiger partial charge is 0.122 e. The second kappa shape index (κ2) is 10.1. The van der Waals surface area contributed by atoms with Crippen LogP contribution in [0.3, 0.4) is 0 Å². The summed E-state index contributed by atoms with van der Waals surface area (Å²) in [5, 5.41) is 12.1. The Hall–Kier alpha value is -2.66. The lowest BCUT2D eigenvalue weighted by Crippen LogP contribution is -2.53. The molecule has 0 amide bonds. The average Bonchev–Trinajstić information content (AvgIpc) is 2.82. The first-order chi connectivity index (χ1) is 15.2. The Kier molecular flexibility index (Phi) is 7.03. The number of aliphatic hydroxyl groups is 1. The molecule has 2 atom stereocenters. The quantitative estimate of drug-likeness (QED) is 0.589. The first-order valence-electron chi connectivity index (χ1n) is 11.1. The lowest BCUT2D eigenvalue weighted by molar-refractivity contribution is -0.150. The summed E-state index contributed by atoms with van der Waals surface area (Å²) < 4.78 is 12.0. The van der Waals surface area contributed by atoms with E-state index in [0.29, 0.717) is 26.2 Å². The first-order valence-corrected chi connectivity index (χ1v) is 11.1. The summed E-state index contributed by atoms with van der Waals surface area (Å²) in [5.74, 6) is 0.816. The van der Waals surface area contributed by atoms with Crippen LogP contribution >= 0.6 is 0 Å². The van der Waals surface area contributed by atoms with Crippen LogP contribution in [0.4, 0.5) is 0 Å². The zero-order chi connectivity index (χ0) is 21.5. The summed E-state index contributed by atoms with van der Waals surface area (Å²) in [6.07, 6.45) is 0.0823. The molecule has 31 heavy (non-hydrogen) atoms. The van der Waals surface area contributed by atoms with Crippen molar-refractivity contribution in [2.45, 2.75) is 31.6 Å². The van der Waals surface area contributed by atoms with Gasteiger partial charge in [0.1, 0.15) is 17.5 Å². The van der Waals surface area contributed by atoms with E-state index in [-0.39, 0.29) is 6.10 Å². The van der Waals surface area contributed by atoms with Gasteiger partial charge in [0.15, 0.2) is 0 Å². The van der Waals surface area contributed by atoms with Crippen LogP contribution in [0.1, 0.15) is 23.6 Å². The number of morpholine rings is 1. The summed E-state index contributed by atoms with van der Waals surface area (Å²) in [5.41, 5.74) is 1.96. The number of benzene rings is 3. The molecule has 1 N–H and O–H groups in total. The van der Waals surface area contributed by atoms with Crippen LogP contribution in [0.5, 0.6) is 5.75 Å². The van der Waals surface area contributed by atoms with Crippen LogP contribution in [-0.4, -0.2) is 42.4 Å². The molecule has 4 rings (SSSR count). The molecule has 0 saturated carbocycles. The number of hydrogen-bond donors (Lipinski definition) is 1. The third-order valence-electron chi connectivity index (χ3n) is 5.94. The first kappa shape index (κ1) is 21.6. The van der Waals surface area contributed by atoms with Gasteiger partial charge in [-0.25, -0.2) is 0 Å². The monoisotopic (exact) mass is 417 g/mol. The highest BCUT2D eigenvalue weighted by Gasteiger charge is 2.42. The van der Waals surface area contributed by atoms with Crippen molar-refractivity contribution in [1.82, 2.24) is 4.90 Å². The van der Waals surface area contributed by atoms with Gasteiger partial charge in [0.05, 0.1) is 13.2 Å². The molecule has 1 aliphatic rings. The van der Waals surface area contributed by atoms with E-state index in [1.165, 1.54) is 5.56 Å². The summed E-state index contributed by atoms with van der Waals surface area (Å²) >= 11 is 0. The lowest BCUT2D eigenvalue weighted by atomic mass is 9.81. The minimum absolute atomic E-state index is 0.345. The van der Waals surface area contributed by atoms with E-state index in [4.69, 9.17) is 9.47 Å². The van der Waals surface area contributed by atoms with Crippen LogP contribution in [0, 0.1) is 0 Å². The van der Waals surface area contributed by atoms with E-state index in [0.717, 1.165) is 30.0 Å². The largest absolute Gasteiger partial charge is 0.494 e. The highest BCUT2D eigenvalue weighted by Crippen LogP contribution is 2.35. The minimum Gasteiger partial charge on any atom is -0.494 e. The molecule has 0 bridgehead atoms. The SMILES string of the molecule is CCOc1ccccc1C[C@@](O)(c1ccccc1)C1CN(Cc2ccccc2)CCO1. The zero-order valence-corrected chi connectivity index (χ0v) is 18.1. The summed E-state index contributed by atoms with van der Waals surface area (Å²) in [6, 6.07) is 28.3. The summed E-state index contributed by atoms with van der Waals surface area (Å²) in [4.78, 5) is 2.37. The van der Waals surface area contributed by atoms with E-state index < -0.39 is 5.60 Å². The maximum absolute atomic E-state index is 12.1. The molecule has 3 aromatic carbocycles. The minimum atomic E-state index is -1.16. The normalized spacial score (nSPS) is 19.0. The second-order valence-corrected chi connectivity index (χ2v) is 8.09. The fraction of sp³-hybridized carbons (Fsp3) is 0.333. The van der Waals surface area contributed by atoms with Crippen LogP contribution in [0.2, 0.25) is 0 Å². The summed E-state index contributed by atoms with van der Waals surface area (Å²) in [7, 11) is 0. The molecular weight excluding hydrogens is 386 g/mol. The van der Waals surface area contributed by atoms with E-state index in [2.05, 4.69) is 29.2 Å². The third kappa shape index (κ3) is 5.16. The van der Waals surface area contributed by atoms with Gasteiger partial charge in [0.2, 0.25) is 0 Å². The number of nitrogens with zero attached hydrogens (tertiary/aromatic N) is 1.